The summed E-state index contributed by atoms with van der Waals surface area (Å²) in [4.78, 5) is 51.4. The molecule has 2 bridgehead atoms. The first kappa shape index (κ1) is 35.6. The highest BCUT2D eigenvalue weighted by Crippen LogP contribution is 2.28. The van der Waals surface area contributed by atoms with Crippen LogP contribution in [0.3, 0.4) is 0 Å². The van der Waals surface area contributed by atoms with Crippen molar-refractivity contribution in [1.82, 2.24) is 10.6 Å². The molecule has 0 aromatic rings. The highest BCUT2D eigenvalue weighted by molar-refractivity contribution is 6.23. The van der Waals surface area contributed by atoms with Gasteiger partial charge in [0, 0.05) is 50.5 Å². The van der Waals surface area contributed by atoms with Crippen LogP contribution >= 0.6 is 0 Å². The zero-order valence-corrected chi connectivity index (χ0v) is 25.7. The van der Waals surface area contributed by atoms with Crippen LogP contribution in [0.5, 0.6) is 0 Å². The summed E-state index contributed by atoms with van der Waals surface area (Å²) in [5.41, 5.74) is 6.32. The Labute approximate surface area is 252 Å². The van der Waals surface area contributed by atoms with E-state index in [1.165, 1.54) is 27.2 Å². The van der Waals surface area contributed by atoms with Crippen molar-refractivity contribution in [3.63, 3.8) is 0 Å². The van der Waals surface area contributed by atoms with Gasteiger partial charge in [-0.15, -0.1) is 0 Å². The maximum Gasteiger partial charge on any atom is 0.405 e. The lowest BCUT2D eigenvalue weighted by molar-refractivity contribution is -0.120. The molecule has 238 valence electrons. The molecule has 0 radical (unpaired) electrons. The topological polar surface area (TPSA) is 187 Å². The molecule has 6 N–H and O–H groups in total. The Bertz CT molecular complexity index is 1200. The fourth-order valence-electron chi connectivity index (χ4n) is 5.07. The van der Waals surface area contributed by atoms with E-state index >= 15 is 0 Å². The van der Waals surface area contributed by atoms with Gasteiger partial charge in [0.2, 0.25) is 11.6 Å². The van der Waals surface area contributed by atoms with E-state index in [0.717, 1.165) is 6.08 Å². The van der Waals surface area contributed by atoms with Crippen LogP contribution in [0.25, 0.3) is 0 Å². The van der Waals surface area contributed by atoms with E-state index in [0.29, 0.717) is 18.4 Å². The van der Waals surface area contributed by atoms with Crippen molar-refractivity contribution in [3.05, 3.63) is 58.5 Å². The van der Waals surface area contributed by atoms with Crippen LogP contribution in [0.15, 0.2) is 58.5 Å². The van der Waals surface area contributed by atoms with Crippen molar-refractivity contribution in [3.8, 4) is 0 Å². The number of hydrogen-bond donors (Lipinski definition) is 5. The van der Waals surface area contributed by atoms with Crippen LogP contribution in [0.1, 0.15) is 47.0 Å². The van der Waals surface area contributed by atoms with Gasteiger partial charge in [0.15, 0.2) is 6.10 Å². The van der Waals surface area contributed by atoms with Gasteiger partial charge in [0.05, 0.1) is 23.6 Å². The zero-order valence-electron chi connectivity index (χ0n) is 25.7. The summed E-state index contributed by atoms with van der Waals surface area (Å²) in [5.74, 6) is -2.25. The fourth-order valence-corrected chi connectivity index (χ4v) is 5.07. The van der Waals surface area contributed by atoms with Gasteiger partial charge in [-0.3, -0.25) is 14.4 Å². The van der Waals surface area contributed by atoms with Gasteiger partial charge in [0.1, 0.15) is 6.10 Å². The van der Waals surface area contributed by atoms with E-state index in [-0.39, 0.29) is 48.0 Å². The molecule has 0 aromatic heterocycles. The molecule has 12 heteroatoms. The monoisotopic (exact) mass is 603 g/mol. The number of carbonyl (C=O) groups is 4. The molecule has 2 amide bonds. The van der Waals surface area contributed by atoms with Crippen LogP contribution in [0.2, 0.25) is 0 Å². The third-order valence-corrected chi connectivity index (χ3v) is 7.43. The molecule has 2 aliphatic rings. The summed E-state index contributed by atoms with van der Waals surface area (Å²) < 4.78 is 16.6. The minimum absolute atomic E-state index is 0.0919. The van der Waals surface area contributed by atoms with E-state index in [1.54, 1.807) is 32.1 Å². The maximum absolute atomic E-state index is 13.6. The number of methoxy groups -OCH3 is 2. The van der Waals surface area contributed by atoms with E-state index < -0.39 is 53.9 Å². The number of ether oxygens (including phenoxy) is 3. The molecule has 0 aromatic carbocycles. The van der Waals surface area contributed by atoms with Crippen molar-refractivity contribution in [2.24, 2.45) is 17.6 Å². The van der Waals surface area contributed by atoms with Crippen LogP contribution in [-0.2, 0) is 28.6 Å². The second-order valence-corrected chi connectivity index (χ2v) is 10.9. The van der Waals surface area contributed by atoms with Crippen LogP contribution in [0, 0.1) is 11.8 Å². The van der Waals surface area contributed by atoms with Crippen molar-refractivity contribution in [2.75, 3.05) is 27.4 Å². The second kappa shape index (κ2) is 16.9. The van der Waals surface area contributed by atoms with Crippen LogP contribution in [-0.4, -0.2) is 85.6 Å². The first-order valence-electron chi connectivity index (χ1n) is 14.3. The van der Waals surface area contributed by atoms with Crippen molar-refractivity contribution in [1.29, 1.82) is 0 Å². The Balaban J connectivity index is 2.61. The summed E-state index contributed by atoms with van der Waals surface area (Å²) in [6.07, 6.45) is 3.98. The van der Waals surface area contributed by atoms with E-state index in [9.17, 15) is 29.4 Å². The molecule has 0 spiro atoms. The quantitative estimate of drug-likeness (QED) is 0.163. The summed E-state index contributed by atoms with van der Waals surface area (Å²) >= 11 is 0. The second-order valence-electron chi connectivity index (χ2n) is 10.9. The molecule has 0 fully saturated rings. The minimum Gasteiger partial charge on any atom is -0.439 e. The summed E-state index contributed by atoms with van der Waals surface area (Å²) in [7, 11) is 2.90. The number of Topliss-reactive ketones (excluding diaryl/α,β-unsaturated/α-hetero) is 1. The van der Waals surface area contributed by atoms with E-state index in [2.05, 4.69) is 10.6 Å². The molecule has 0 saturated heterocycles. The van der Waals surface area contributed by atoms with Gasteiger partial charge in [-0.25, -0.2) is 4.79 Å². The lowest BCUT2D eigenvalue weighted by Gasteiger charge is -2.30. The minimum atomic E-state index is -1.01. The highest BCUT2D eigenvalue weighted by Gasteiger charge is 2.33. The van der Waals surface area contributed by atoms with Crippen molar-refractivity contribution in [2.45, 2.75) is 71.4 Å². The fraction of sp³-hybridized carbons (Fsp3) is 0.548. The van der Waals surface area contributed by atoms with Crippen LogP contribution in [0.4, 0.5) is 4.79 Å². The smallest absolute Gasteiger partial charge is 0.405 e. The molecule has 1 heterocycles. The molecule has 1 aliphatic heterocycles. The zero-order chi connectivity index (χ0) is 32.3. The number of allylic oxidation sites excluding steroid dienone is 4. The number of hydrogen-bond acceptors (Lipinski definition) is 10. The number of primary amides is 1. The average molecular weight is 604 g/mol. The van der Waals surface area contributed by atoms with Gasteiger partial charge in [0.25, 0.3) is 5.91 Å². The first-order valence-corrected chi connectivity index (χ1v) is 14.3. The Hall–Kier alpha value is -3.58. The van der Waals surface area contributed by atoms with Gasteiger partial charge in [-0.2, -0.15) is 0 Å². The molecular formula is C31H45N3O9. The number of carbonyl (C=O) groups excluding carboxylic acids is 4. The van der Waals surface area contributed by atoms with E-state index in [4.69, 9.17) is 19.9 Å². The molecule has 2 rings (SSSR count). The Morgan fingerprint density at radius 2 is 1.86 bits per heavy atom. The normalized spacial score (nSPS) is 31.3. The predicted octanol–water partition coefficient (Wildman–Crippen LogP) is 1.73. The van der Waals surface area contributed by atoms with Crippen molar-refractivity contribution < 1.29 is 43.6 Å². The molecule has 43 heavy (non-hydrogen) atoms. The standard InChI is InChI=1S/C31H45N3O9/c1-17-13-21-26(33-11-8-12-35)23(36)16-22(28(21)38)34-30(39)18(2)9-7-10-24(41-5)29(43-31(32)40)20(4)15-19(3)27(37)25(14-17)42-6/h7,9-10,15-17,19,24-25,27,29,33,35,37H,8,11-14H2,1-6H3,(H2,32,40)(H,34,39)/b10-7-,18-9+,20-15+. The number of nitrogens with two attached hydrogens (primary N) is 1. The molecular weight excluding hydrogens is 558 g/mol. The highest BCUT2D eigenvalue weighted by atomic mass is 16.6. The summed E-state index contributed by atoms with van der Waals surface area (Å²) in [5, 5.41) is 26.0. The summed E-state index contributed by atoms with van der Waals surface area (Å²) in [6, 6.07) is 0. The number of fused-ring (bicyclic) bond motifs is 2. The van der Waals surface area contributed by atoms with E-state index in [1.807, 2.05) is 6.92 Å². The van der Waals surface area contributed by atoms with Gasteiger partial charge in [-0.05, 0) is 44.6 Å². The number of aliphatic hydroxyl groups is 2. The van der Waals surface area contributed by atoms with Crippen LogP contribution < -0.4 is 16.4 Å². The Morgan fingerprint density at radius 1 is 1.16 bits per heavy atom. The maximum atomic E-state index is 13.6. The SMILES string of the molecule is COC1/C=C\C=C(/C)C(=O)NC2=CC(=O)C(NCCCO)=C(CC(C)CC(OC)C(O)C(C)/C=C(\C)C1OC(N)=O)C2=O. The Morgan fingerprint density at radius 3 is 2.47 bits per heavy atom. The number of rotatable bonds is 7. The lowest BCUT2D eigenvalue weighted by Crippen LogP contribution is -2.38. The van der Waals surface area contributed by atoms with Gasteiger partial charge >= 0.3 is 6.09 Å². The third kappa shape index (κ3) is 9.99. The molecule has 1 aliphatic carbocycles. The molecule has 12 nitrogen and oxygen atoms in total. The predicted molar refractivity (Wildman–Crippen MR) is 159 cm³/mol. The molecule has 6 unspecified atom stereocenters. The third-order valence-electron chi connectivity index (χ3n) is 7.43. The Kier molecular flexibility index (Phi) is 14.0. The number of nitrogens with one attached hydrogen (secondary N) is 2. The summed E-state index contributed by atoms with van der Waals surface area (Å²) in [6.45, 7) is 7.12. The molecule has 6 atom stereocenters. The molecule has 0 saturated carbocycles. The largest absolute Gasteiger partial charge is 0.439 e. The number of amides is 2. The van der Waals surface area contributed by atoms with Gasteiger partial charge < -0.3 is 40.8 Å². The van der Waals surface area contributed by atoms with Gasteiger partial charge in [-0.1, -0.05) is 38.2 Å². The average Bonchev–Trinajstić information content (AvgIpc) is 2.95. The number of ketones is 2. The number of aliphatic hydroxyl groups excluding tert-OH is 2. The lowest BCUT2D eigenvalue weighted by atomic mass is 9.85. The first-order chi connectivity index (χ1) is 20.3. The van der Waals surface area contributed by atoms with Crippen molar-refractivity contribution >= 4 is 23.6 Å².